The van der Waals surface area contributed by atoms with E-state index >= 15 is 0 Å². The van der Waals surface area contributed by atoms with E-state index in [9.17, 15) is 4.39 Å². The largest absolute Gasteiger partial charge is 0.494 e. The van der Waals surface area contributed by atoms with Crippen molar-refractivity contribution in [2.45, 2.75) is 32.0 Å². The molecule has 6 heteroatoms. The summed E-state index contributed by atoms with van der Waals surface area (Å²) in [6.07, 6.45) is 2.15. The minimum atomic E-state index is -0.351. The normalized spacial score (nSPS) is 16.0. The SMILES string of the molecule is CN=C(NCc1ccc(OC)c(F)c1)NC1CCN(Cc2ccccc2)CC1. The van der Waals surface area contributed by atoms with Crippen LogP contribution in [-0.4, -0.2) is 44.1 Å². The van der Waals surface area contributed by atoms with Crippen molar-refractivity contribution in [3.8, 4) is 5.75 Å². The van der Waals surface area contributed by atoms with E-state index in [0.717, 1.165) is 44.0 Å². The number of benzene rings is 2. The fraction of sp³-hybridized carbons (Fsp3) is 0.409. The Morgan fingerprint density at radius 1 is 1.14 bits per heavy atom. The molecule has 0 saturated carbocycles. The van der Waals surface area contributed by atoms with Gasteiger partial charge in [-0.25, -0.2) is 4.39 Å². The molecule has 2 aromatic carbocycles. The number of aliphatic imine (C=N–C) groups is 1. The topological polar surface area (TPSA) is 48.9 Å². The minimum absolute atomic E-state index is 0.258. The molecule has 0 unspecified atom stereocenters. The number of guanidine groups is 1. The molecule has 1 saturated heterocycles. The van der Waals surface area contributed by atoms with Crippen molar-refractivity contribution >= 4 is 5.96 Å². The first kappa shape index (κ1) is 20.1. The molecule has 1 aliphatic heterocycles. The van der Waals surface area contributed by atoms with Crippen molar-refractivity contribution in [1.29, 1.82) is 0 Å². The van der Waals surface area contributed by atoms with Crippen LogP contribution in [0.1, 0.15) is 24.0 Å². The maximum Gasteiger partial charge on any atom is 0.191 e. The van der Waals surface area contributed by atoms with Crippen LogP contribution in [0, 0.1) is 5.82 Å². The molecule has 0 spiro atoms. The third-order valence-corrected chi connectivity index (χ3v) is 5.08. The summed E-state index contributed by atoms with van der Waals surface area (Å²) in [5, 5.41) is 6.76. The van der Waals surface area contributed by atoms with Crippen LogP contribution in [0.15, 0.2) is 53.5 Å². The highest BCUT2D eigenvalue weighted by Gasteiger charge is 2.20. The summed E-state index contributed by atoms with van der Waals surface area (Å²) < 4.78 is 18.8. The molecule has 0 bridgehead atoms. The molecule has 28 heavy (non-hydrogen) atoms. The van der Waals surface area contributed by atoms with Crippen molar-refractivity contribution in [1.82, 2.24) is 15.5 Å². The van der Waals surface area contributed by atoms with Crippen LogP contribution < -0.4 is 15.4 Å². The van der Waals surface area contributed by atoms with Gasteiger partial charge in [-0.2, -0.15) is 0 Å². The van der Waals surface area contributed by atoms with Gasteiger partial charge >= 0.3 is 0 Å². The Labute approximate surface area is 166 Å². The lowest BCUT2D eigenvalue weighted by atomic mass is 10.0. The zero-order valence-electron chi connectivity index (χ0n) is 16.6. The van der Waals surface area contributed by atoms with E-state index in [1.54, 1.807) is 13.1 Å². The molecule has 2 aromatic rings. The molecule has 0 amide bonds. The maximum absolute atomic E-state index is 13.8. The summed E-state index contributed by atoms with van der Waals surface area (Å²) >= 11 is 0. The van der Waals surface area contributed by atoms with Gasteiger partial charge in [0.2, 0.25) is 0 Å². The second-order valence-electron chi connectivity index (χ2n) is 7.08. The Kier molecular flexibility index (Phi) is 7.25. The van der Waals surface area contributed by atoms with E-state index in [4.69, 9.17) is 4.74 Å². The fourth-order valence-corrected chi connectivity index (χ4v) is 3.47. The molecule has 1 aliphatic rings. The third kappa shape index (κ3) is 5.70. The number of rotatable bonds is 6. The van der Waals surface area contributed by atoms with Crippen LogP contribution in [0.25, 0.3) is 0 Å². The predicted molar refractivity (Wildman–Crippen MR) is 111 cm³/mol. The van der Waals surface area contributed by atoms with E-state index in [1.165, 1.54) is 18.7 Å². The van der Waals surface area contributed by atoms with Crippen LogP contribution in [0.2, 0.25) is 0 Å². The van der Waals surface area contributed by atoms with Crippen molar-refractivity contribution in [2.24, 2.45) is 4.99 Å². The smallest absolute Gasteiger partial charge is 0.191 e. The number of nitrogens with one attached hydrogen (secondary N) is 2. The summed E-state index contributed by atoms with van der Waals surface area (Å²) in [6.45, 7) is 3.64. The molecule has 0 radical (unpaired) electrons. The fourth-order valence-electron chi connectivity index (χ4n) is 3.47. The van der Waals surface area contributed by atoms with E-state index in [2.05, 4.69) is 50.9 Å². The second kappa shape index (κ2) is 10.1. The predicted octanol–water partition coefficient (Wildman–Crippen LogP) is 3.16. The first-order valence-corrected chi connectivity index (χ1v) is 9.74. The lowest BCUT2D eigenvalue weighted by Gasteiger charge is -2.33. The Balaban J connectivity index is 1.43. The highest BCUT2D eigenvalue weighted by molar-refractivity contribution is 5.79. The molecule has 0 aromatic heterocycles. The molecule has 0 aliphatic carbocycles. The van der Waals surface area contributed by atoms with Gasteiger partial charge < -0.3 is 15.4 Å². The van der Waals surface area contributed by atoms with Crippen molar-refractivity contribution in [2.75, 3.05) is 27.2 Å². The standard InChI is InChI=1S/C22H29FN4O/c1-24-22(25-15-18-8-9-21(28-2)20(23)14-18)26-19-10-12-27(13-11-19)16-17-6-4-3-5-7-17/h3-9,14,19H,10-13,15-16H2,1-2H3,(H2,24,25,26). The summed E-state index contributed by atoms with van der Waals surface area (Å²) in [5.74, 6) is 0.654. The van der Waals surface area contributed by atoms with Crippen LogP contribution in [0.5, 0.6) is 5.75 Å². The zero-order chi connectivity index (χ0) is 19.8. The zero-order valence-corrected chi connectivity index (χ0v) is 16.6. The minimum Gasteiger partial charge on any atom is -0.494 e. The lowest BCUT2D eigenvalue weighted by molar-refractivity contribution is 0.198. The highest BCUT2D eigenvalue weighted by Crippen LogP contribution is 2.17. The molecule has 150 valence electrons. The number of nitrogens with zero attached hydrogens (tertiary/aromatic N) is 2. The molecule has 1 heterocycles. The molecule has 0 atom stereocenters. The van der Waals surface area contributed by atoms with Gasteiger partial charge in [0.05, 0.1) is 7.11 Å². The Morgan fingerprint density at radius 3 is 2.54 bits per heavy atom. The highest BCUT2D eigenvalue weighted by atomic mass is 19.1. The van der Waals surface area contributed by atoms with Crippen molar-refractivity contribution in [3.63, 3.8) is 0 Å². The Bertz CT molecular complexity index is 773. The van der Waals surface area contributed by atoms with Crippen molar-refractivity contribution < 1.29 is 9.13 Å². The van der Waals surface area contributed by atoms with Gasteiger partial charge in [0.25, 0.3) is 0 Å². The Morgan fingerprint density at radius 2 is 1.89 bits per heavy atom. The van der Waals surface area contributed by atoms with Crippen LogP contribution in [0.4, 0.5) is 4.39 Å². The van der Waals surface area contributed by atoms with Crippen LogP contribution in [0.3, 0.4) is 0 Å². The van der Waals surface area contributed by atoms with E-state index in [0.29, 0.717) is 12.6 Å². The van der Waals surface area contributed by atoms with Crippen LogP contribution in [-0.2, 0) is 13.1 Å². The number of methoxy groups -OCH3 is 1. The average molecular weight is 384 g/mol. The lowest BCUT2D eigenvalue weighted by Crippen LogP contribution is -2.48. The van der Waals surface area contributed by atoms with Gasteiger partial charge in [-0.1, -0.05) is 36.4 Å². The summed E-state index contributed by atoms with van der Waals surface area (Å²) in [4.78, 5) is 6.79. The van der Waals surface area contributed by atoms with E-state index < -0.39 is 0 Å². The summed E-state index contributed by atoms with van der Waals surface area (Å²) in [7, 11) is 3.22. The second-order valence-corrected chi connectivity index (χ2v) is 7.08. The van der Waals surface area contributed by atoms with E-state index in [1.807, 2.05) is 6.07 Å². The molecule has 1 fully saturated rings. The number of piperidine rings is 1. The number of hydrogen-bond acceptors (Lipinski definition) is 3. The number of likely N-dealkylation sites (tertiary alicyclic amines) is 1. The molecular weight excluding hydrogens is 355 g/mol. The van der Waals surface area contributed by atoms with Gasteiger partial charge in [-0.3, -0.25) is 9.89 Å². The summed E-state index contributed by atoms with van der Waals surface area (Å²) in [6, 6.07) is 16.0. The Hall–Kier alpha value is -2.60. The molecular formula is C22H29FN4O. The third-order valence-electron chi connectivity index (χ3n) is 5.08. The van der Waals surface area contributed by atoms with Gasteiger partial charge in [0, 0.05) is 39.3 Å². The quantitative estimate of drug-likeness (QED) is 0.593. The van der Waals surface area contributed by atoms with Gasteiger partial charge in [-0.05, 0) is 36.1 Å². The summed E-state index contributed by atoms with van der Waals surface area (Å²) in [5.41, 5.74) is 2.21. The average Bonchev–Trinajstić information content (AvgIpc) is 2.73. The number of halogens is 1. The molecule has 2 N–H and O–H groups in total. The van der Waals surface area contributed by atoms with Crippen molar-refractivity contribution in [3.05, 3.63) is 65.5 Å². The first-order chi connectivity index (χ1) is 13.7. The molecule has 3 rings (SSSR count). The van der Waals surface area contributed by atoms with Gasteiger partial charge in [-0.15, -0.1) is 0 Å². The van der Waals surface area contributed by atoms with E-state index in [-0.39, 0.29) is 11.6 Å². The maximum atomic E-state index is 13.8. The number of ether oxygens (including phenoxy) is 1. The van der Waals surface area contributed by atoms with Crippen LogP contribution >= 0.6 is 0 Å². The first-order valence-electron chi connectivity index (χ1n) is 9.74. The van der Waals surface area contributed by atoms with Gasteiger partial charge in [0.1, 0.15) is 0 Å². The van der Waals surface area contributed by atoms with Gasteiger partial charge in [0.15, 0.2) is 17.5 Å². The number of hydrogen-bond donors (Lipinski definition) is 2. The molecule has 5 nitrogen and oxygen atoms in total. The monoisotopic (exact) mass is 384 g/mol.